The highest BCUT2D eigenvalue weighted by Gasteiger charge is 2.10. The molecule has 2 rings (SSSR count). The summed E-state index contributed by atoms with van der Waals surface area (Å²) in [6.07, 6.45) is 1.19. The van der Waals surface area contributed by atoms with E-state index >= 15 is 0 Å². The predicted molar refractivity (Wildman–Crippen MR) is 80.8 cm³/mol. The molecule has 0 spiro atoms. The summed E-state index contributed by atoms with van der Waals surface area (Å²) in [7, 11) is 0. The van der Waals surface area contributed by atoms with Crippen molar-refractivity contribution < 1.29 is 4.79 Å². The van der Waals surface area contributed by atoms with E-state index in [-0.39, 0.29) is 11.9 Å². The number of carbonyl (C=O) groups excluding carboxylic acids is 1. The van der Waals surface area contributed by atoms with Crippen LogP contribution in [0.15, 0.2) is 41.8 Å². The maximum Gasteiger partial charge on any atom is 0.224 e. The number of benzene rings is 1. The fourth-order valence-corrected chi connectivity index (χ4v) is 2.96. The molecule has 0 aliphatic heterocycles. The van der Waals surface area contributed by atoms with Crippen molar-refractivity contribution >= 4 is 28.8 Å². The van der Waals surface area contributed by atoms with Crippen molar-refractivity contribution in [1.29, 1.82) is 0 Å². The van der Waals surface area contributed by atoms with Gasteiger partial charge in [-0.2, -0.15) is 0 Å². The van der Waals surface area contributed by atoms with Gasteiger partial charge in [-0.05, 0) is 30.0 Å². The van der Waals surface area contributed by atoms with Gasteiger partial charge in [0.2, 0.25) is 5.91 Å². The van der Waals surface area contributed by atoms with Gasteiger partial charge in [0.15, 0.2) is 0 Å². The first-order valence-electron chi connectivity index (χ1n) is 6.20. The zero-order chi connectivity index (χ0) is 13.7. The highest BCUT2D eigenvalue weighted by Crippen LogP contribution is 2.15. The molecule has 1 heterocycles. The second-order valence-corrected chi connectivity index (χ2v) is 5.96. The number of hydrogen-bond donors (Lipinski definition) is 1. The summed E-state index contributed by atoms with van der Waals surface area (Å²) in [6.45, 7) is 2.02. The minimum absolute atomic E-state index is 0.0113. The first-order valence-corrected chi connectivity index (χ1v) is 7.46. The van der Waals surface area contributed by atoms with Gasteiger partial charge in [-0.15, -0.1) is 11.3 Å². The van der Waals surface area contributed by atoms with Crippen molar-refractivity contribution in [3.05, 3.63) is 57.2 Å². The molecular formula is C15H16ClNOS. The monoisotopic (exact) mass is 293 g/mol. The van der Waals surface area contributed by atoms with Crippen LogP contribution in [-0.4, -0.2) is 11.9 Å². The largest absolute Gasteiger partial charge is 0.353 e. The molecule has 1 unspecified atom stereocenters. The molecule has 1 amide bonds. The van der Waals surface area contributed by atoms with Crippen LogP contribution < -0.4 is 5.32 Å². The summed E-state index contributed by atoms with van der Waals surface area (Å²) >= 11 is 7.75. The Hall–Kier alpha value is -1.32. The van der Waals surface area contributed by atoms with Gasteiger partial charge >= 0.3 is 0 Å². The van der Waals surface area contributed by atoms with Crippen molar-refractivity contribution in [3.8, 4) is 0 Å². The van der Waals surface area contributed by atoms with E-state index in [0.29, 0.717) is 11.4 Å². The van der Waals surface area contributed by atoms with Gasteiger partial charge in [0.1, 0.15) is 0 Å². The normalized spacial score (nSPS) is 12.1. The van der Waals surface area contributed by atoms with Crippen LogP contribution in [0.1, 0.15) is 17.4 Å². The summed E-state index contributed by atoms with van der Waals surface area (Å²) in [4.78, 5) is 13.2. The quantitative estimate of drug-likeness (QED) is 0.895. The van der Waals surface area contributed by atoms with Gasteiger partial charge in [0.05, 0.1) is 6.42 Å². The van der Waals surface area contributed by atoms with E-state index in [9.17, 15) is 4.79 Å². The molecule has 0 saturated carbocycles. The number of rotatable bonds is 5. The molecule has 0 bridgehead atoms. The molecule has 0 radical (unpaired) electrons. The van der Waals surface area contributed by atoms with E-state index in [4.69, 9.17) is 11.6 Å². The first kappa shape index (κ1) is 14.1. The molecule has 0 saturated heterocycles. The first-order chi connectivity index (χ1) is 9.15. The molecule has 2 nitrogen and oxygen atoms in total. The molecule has 2 aromatic rings. The Morgan fingerprint density at radius 1 is 1.32 bits per heavy atom. The van der Waals surface area contributed by atoms with E-state index in [1.165, 1.54) is 4.88 Å². The van der Waals surface area contributed by atoms with Gasteiger partial charge in [-0.1, -0.05) is 35.9 Å². The van der Waals surface area contributed by atoms with Crippen LogP contribution in [0.5, 0.6) is 0 Å². The van der Waals surface area contributed by atoms with Gasteiger partial charge in [-0.3, -0.25) is 4.79 Å². The molecule has 100 valence electrons. The second-order valence-electron chi connectivity index (χ2n) is 4.52. The third-order valence-corrected chi connectivity index (χ3v) is 4.07. The van der Waals surface area contributed by atoms with Crippen LogP contribution >= 0.6 is 22.9 Å². The molecule has 19 heavy (non-hydrogen) atoms. The van der Waals surface area contributed by atoms with Gasteiger partial charge < -0.3 is 5.32 Å². The summed E-state index contributed by atoms with van der Waals surface area (Å²) < 4.78 is 0. The summed E-state index contributed by atoms with van der Waals surface area (Å²) in [5.74, 6) is 0.0113. The van der Waals surface area contributed by atoms with Gasteiger partial charge in [0.25, 0.3) is 0 Å². The molecule has 1 atom stereocenters. The van der Waals surface area contributed by atoms with Crippen LogP contribution in [-0.2, 0) is 17.6 Å². The Bertz CT molecular complexity index is 539. The van der Waals surface area contributed by atoms with Gasteiger partial charge in [-0.25, -0.2) is 0 Å². The topological polar surface area (TPSA) is 29.1 Å². The van der Waals surface area contributed by atoms with E-state index < -0.39 is 0 Å². The Balaban J connectivity index is 1.86. The van der Waals surface area contributed by atoms with Crippen molar-refractivity contribution in [1.82, 2.24) is 5.32 Å². The van der Waals surface area contributed by atoms with Crippen molar-refractivity contribution in [2.45, 2.75) is 25.8 Å². The Morgan fingerprint density at radius 2 is 2.11 bits per heavy atom. The molecule has 1 aromatic carbocycles. The average molecular weight is 294 g/mol. The maximum atomic E-state index is 11.9. The zero-order valence-electron chi connectivity index (χ0n) is 10.7. The van der Waals surface area contributed by atoms with Crippen molar-refractivity contribution in [3.63, 3.8) is 0 Å². The summed E-state index contributed by atoms with van der Waals surface area (Å²) in [5, 5.41) is 5.69. The number of halogens is 1. The second kappa shape index (κ2) is 6.73. The smallest absolute Gasteiger partial charge is 0.224 e. The number of nitrogens with one attached hydrogen (secondary N) is 1. The number of thiophene rings is 1. The Morgan fingerprint density at radius 3 is 2.79 bits per heavy atom. The minimum Gasteiger partial charge on any atom is -0.353 e. The third-order valence-electron chi connectivity index (χ3n) is 2.80. The maximum absolute atomic E-state index is 11.9. The molecule has 1 aromatic heterocycles. The molecule has 0 aliphatic rings. The van der Waals surface area contributed by atoms with Crippen LogP contribution in [0.2, 0.25) is 5.02 Å². The summed E-state index contributed by atoms with van der Waals surface area (Å²) in [6, 6.07) is 11.7. The lowest BCUT2D eigenvalue weighted by molar-refractivity contribution is -0.121. The Kier molecular flexibility index (Phi) is 5.00. The lowest BCUT2D eigenvalue weighted by Crippen LogP contribution is -2.35. The average Bonchev–Trinajstić information content (AvgIpc) is 2.84. The SMILES string of the molecule is CC(Cc1cccs1)NC(=O)Cc1ccccc1Cl. The lowest BCUT2D eigenvalue weighted by atomic mass is 10.1. The van der Waals surface area contributed by atoms with Crippen LogP contribution in [0.25, 0.3) is 0 Å². The highest BCUT2D eigenvalue weighted by molar-refractivity contribution is 7.09. The zero-order valence-corrected chi connectivity index (χ0v) is 12.3. The van der Waals surface area contributed by atoms with E-state index in [1.54, 1.807) is 17.4 Å². The van der Waals surface area contributed by atoms with Crippen LogP contribution in [0.3, 0.4) is 0 Å². The van der Waals surface area contributed by atoms with Crippen molar-refractivity contribution in [2.75, 3.05) is 0 Å². The highest BCUT2D eigenvalue weighted by atomic mass is 35.5. The number of amides is 1. The fraction of sp³-hybridized carbons (Fsp3) is 0.267. The minimum atomic E-state index is 0.0113. The standard InChI is InChI=1S/C15H16ClNOS/c1-11(9-13-6-4-8-19-13)17-15(18)10-12-5-2-3-7-14(12)16/h2-8,11H,9-10H2,1H3,(H,17,18). The Labute approximate surface area is 122 Å². The third kappa shape index (κ3) is 4.37. The lowest BCUT2D eigenvalue weighted by Gasteiger charge is -2.13. The van der Waals surface area contributed by atoms with E-state index in [0.717, 1.165) is 12.0 Å². The molecular weight excluding hydrogens is 278 g/mol. The fourth-order valence-electron chi connectivity index (χ4n) is 1.92. The van der Waals surface area contributed by atoms with Crippen LogP contribution in [0, 0.1) is 0 Å². The summed E-state index contributed by atoms with van der Waals surface area (Å²) in [5.41, 5.74) is 0.866. The molecule has 0 fully saturated rings. The van der Waals surface area contributed by atoms with Gasteiger partial charge in [0, 0.05) is 22.4 Å². The molecule has 1 N–H and O–H groups in total. The molecule has 0 aliphatic carbocycles. The number of hydrogen-bond acceptors (Lipinski definition) is 2. The number of carbonyl (C=O) groups is 1. The van der Waals surface area contributed by atoms with E-state index in [1.807, 2.05) is 36.6 Å². The van der Waals surface area contributed by atoms with E-state index in [2.05, 4.69) is 11.4 Å². The predicted octanol–water partition coefficient (Wildman–Crippen LogP) is 3.69. The van der Waals surface area contributed by atoms with Crippen LogP contribution in [0.4, 0.5) is 0 Å². The molecule has 4 heteroatoms. The van der Waals surface area contributed by atoms with Crippen molar-refractivity contribution in [2.24, 2.45) is 0 Å².